The minimum atomic E-state index is -0.394. The van der Waals surface area contributed by atoms with Crippen molar-refractivity contribution in [2.75, 3.05) is 6.66 Å². The maximum atomic E-state index is 11.0. The molecule has 0 aromatic carbocycles. The van der Waals surface area contributed by atoms with Crippen molar-refractivity contribution in [1.29, 1.82) is 0 Å². The van der Waals surface area contributed by atoms with Crippen LogP contribution in [-0.4, -0.2) is 24.6 Å². The van der Waals surface area contributed by atoms with Gasteiger partial charge in [0.1, 0.15) is 6.04 Å². The molecule has 1 aliphatic heterocycles. The van der Waals surface area contributed by atoms with Crippen molar-refractivity contribution in [1.82, 2.24) is 5.32 Å². The summed E-state index contributed by atoms with van der Waals surface area (Å²) >= 11 is 0. The van der Waals surface area contributed by atoms with Crippen LogP contribution in [0, 0.1) is 0 Å². The largest absolute Gasteiger partial charge is 0.447 e. The van der Waals surface area contributed by atoms with Gasteiger partial charge in [-0.3, -0.25) is 4.79 Å². The van der Waals surface area contributed by atoms with E-state index in [9.17, 15) is 9.59 Å². The van der Waals surface area contributed by atoms with Crippen LogP contribution < -0.4 is 5.32 Å². The third-order valence-electron chi connectivity index (χ3n) is 1.48. The van der Waals surface area contributed by atoms with Gasteiger partial charge >= 0.3 is 5.97 Å². The van der Waals surface area contributed by atoms with Gasteiger partial charge < -0.3 is 9.84 Å². The molecule has 0 aromatic heterocycles. The predicted octanol–water partition coefficient (Wildman–Crippen LogP) is 0.0315. The van der Waals surface area contributed by atoms with Gasteiger partial charge in [-0.1, -0.05) is 0 Å². The van der Waals surface area contributed by atoms with E-state index in [-0.39, 0.29) is 20.7 Å². The highest BCUT2D eigenvalue weighted by molar-refractivity contribution is 7.31. The topological polar surface area (TPSA) is 55.4 Å². The van der Waals surface area contributed by atoms with Gasteiger partial charge in [-0.25, -0.2) is 4.79 Å². The van der Waals surface area contributed by atoms with Crippen LogP contribution in [0.25, 0.3) is 0 Å². The molecule has 1 saturated heterocycles. The van der Waals surface area contributed by atoms with Gasteiger partial charge in [-0.2, -0.15) is 0 Å². The van der Waals surface area contributed by atoms with Gasteiger partial charge in [-0.05, 0) is 13.1 Å². The van der Waals surface area contributed by atoms with Crippen LogP contribution in [0.1, 0.15) is 12.8 Å². The minimum absolute atomic E-state index is 0.0635. The first-order valence-electron chi connectivity index (χ1n) is 3.41. The van der Waals surface area contributed by atoms with E-state index in [1.54, 1.807) is 6.66 Å². The molecule has 1 amide bonds. The summed E-state index contributed by atoms with van der Waals surface area (Å²) in [6.07, 6.45) is 1.01. The second kappa shape index (κ2) is 3.67. The van der Waals surface area contributed by atoms with E-state index in [0.717, 1.165) is 0 Å². The SMILES string of the molecule is CPOC(=O)C1CCC(=O)N1. The number of hydrogen-bond donors (Lipinski definition) is 1. The minimum Gasteiger partial charge on any atom is -0.447 e. The normalized spacial score (nSPS) is 24.1. The van der Waals surface area contributed by atoms with Crippen molar-refractivity contribution < 1.29 is 14.1 Å². The molecular weight excluding hydrogens is 165 g/mol. The quantitative estimate of drug-likeness (QED) is 0.602. The Morgan fingerprint density at radius 1 is 1.82 bits per heavy atom. The summed E-state index contributed by atoms with van der Waals surface area (Å²) in [5.74, 6) is -0.372. The van der Waals surface area contributed by atoms with E-state index < -0.39 is 6.04 Å². The van der Waals surface area contributed by atoms with Crippen LogP contribution in [0.4, 0.5) is 0 Å². The lowest BCUT2D eigenvalue weighted by molar-refractivity contribution is -0.136. The smallest absolute Gasteiger partial charge is 0.331 e. The molecule has 0 saturated carbocycles. The number of carbonyl (C=O) groups is 2. The zero-order valence-electron chi connectivity index (χ0n) is 6.22. The number of hydrogen-bond acceptors (Lipinski definition) is 3. The van der Waals surface area contributed by atoms with Crippen LogP contribution in [0.3, 0.4) is 0 Å². The van der Waals surface area contributed by atoms with Gasteiger partial charge in [0.25, 0.3) is 0 Å². The van der Waals surface area contributed by atoms with Crippen molar-refractivity contribution in [3.05, 3.63) is 0 Å². The van der Waals surface area contributed by atoms with Crippen molar-refractivity contribution in [2.45, 2.75) is 18.9 Å². The van der Waals surface area contributed by atoms with Gasteiger partial charge in [0.05, 0.1) is 8.81 Å². The highest BCUT2D eigenvalue weighted by Crippen LogP contribution is 2.13. The fourth-order valence-electron chi connectivity index (χ4n) is 0.963. The van der Waals surface area contributed by atoms with Crippen LogP contribution in [0.15, 0.2) is 0 Å². The first-order chi connectivity index (χ1) is 5.24. The molecule has 0 bridgehead atoms. The molecule has 62 valence electrons. The summed E-state index contributed by atoms with van der Waals surface area (Å²) in [6.45, 7) is 1.77. The number of nitrogens with one attached hydrogen (secondary N) is 1. The molecule has 2 atom stereocenters. The number of carbonyl (C=O) groups excluding carboxylic acids is 2. The van der Waals surface area contributed by atoms with Crippen molar-refractivity contribution in [3.63, 3.8) is 0 Å². The molecule has 1 rings (SSSR count). The van der Waals surface area contributed by atoms with E-state index in [1.165, 1.54) is 0 Å². The molecule has 0 spiro atoms. The van der Waals surface area contributed by atoms with Crippen LogP contribution in [0.2, 0.25) is 0 Å². The second-order valence-corrected chi connectivity index (χ2v) is 2.90. The predicted molar refractivity (Wildman–Crippen MR) is 41.5 cm³/mol. The summed E-state index contributed by atoms with van der Waals surface area (Å²) in [6, 6.07) is -0.394. The van der Waals surface area contributed by atoms with Crippen LogP contribution in [0.5, 0.6) is 0 Å². The number of rotatable bonds is 2. The van der Waals surface area contributed by atoms with E-state index in [2.05, 4.69) is 5.32 Å². The van der Waals surface area contributed by atoms with E-state index in [4.69, 9.17) is 4.52 Å². The van der Waals surface area contributed by atoms with E-state index in [0.29, 0.717) is 12.8 Å². The average Bonchev–Trinajstić information content (AvgIpc) is 2.36. The van der Waals surface area contributed by atoms with Crippen LogP contribution >= 0.6 is 8.81 Å². The molecule has 0 radical (unpaired) electrons. The Balaban J connectivity index is 2.37. The fraction of sp³-hybridized carbons (Fsp3) is 0.667. The van der Waals surface area contributed by atoms with Gasteiger partial charge in [-0.15, -0.1) is 0 Å². The highest BCUT2D eigenvalue weighted by atomic mass is 31.1. The molecule has 0 aliphatic carbocycles. The van der Waals surface area contributed by atoms with Crippen LogP contribution in [-0.2, 0) is 14.1 Å². The lowest BCUT2D eigenvalue weighted by Crippen LogP contribution is -2.33. The van der Waals surface area contributed by atoms with Gasteiger partial charge in [0.2, 0.25) is 5.91 Å². The van der Waals surface area contributed by atoms with Gasteiger partial charge in [0.15, 0.2) is 0 Å². The first kappa shape index (κ1) is 8.47. The van der Waals surface area contributed by atoms with Crippen molar-refractivity contribution >= 4 is 20.7 Å². The monoisotopic (exact) mass is 175 g/mol. The molecular formula is C6H10NO3P. The number of amides is 1. The zero-order chi connectivity index (χ0) is 8.27. The molecule has 1 aliphatic rings. The Kier molecular flexibility index (Phi) is 2.83. The van der Waals surface area contributed by atoms with Crippen molar-refractivity contribution in [2.24, 2.45) is 0 Å². The summed E-state index contributed by atoms with van der Waals surface area (Å²) in [5.41, 5.74) is 0. The third kappa shape index (κ3) is 2.15. The van der Waals surface area contributed by atoms with E-state index in [1.807, 2.05) is 0 Å². The lowest BCUT2D eigenvalue weighted by atomic mass is 10.2. The Morgan fingerprint density at radius 2 is 2.55 bits per heavy atom. The summed E-state index contributed by atoms with van der Waals surface area (Å²) in [7, 11) is 0.156. The molecule has 4 nitrogen and oxygen atoms in total. The second-order valence-electron chi connectivity index (χ2n) is 2.28. The fourth-order valence-corrected chi connectivity index (χ4v) is 1.31. The Labute approximate surface area is 66.5 Å². The first-order valence-corrected chi connectivity index (χ1v) is 4.81. The van der Waals surface area contributed by atoms with Crippen molar-refractivity contribution in [3.8, 4) is 0 Å². The molecule has 0 aromatic rings. The molecule has 2 unspecified atom stereocenters. The Hall–Kier alpha value is -0.630. The molecule has 1 fully saturated rings. The summed E-state index contributed by atoms with van der Waals surface area (Å²) in [5, 5.41) is 2.53. The Morgan fingerprint density at radius 3 is 3.00 bits per heavy atom. The molecule has 11 heavy (non-hydrogen) atoms. The molecule has 1 heterocycles. The van der Waals surface area contributed by atoms with E-state index >= 15 is 0 Å². The third-order valence-corrected chi connectivity index (χ3v) is 1.89. The standard InChI is InChI=1S/C6H10NO3P/c1-11-10-6(9)4-2-3-5(8)7-4/h4,11H,2-3H2,1H3,(H,7,8). The summed E-state index contributed by atoms with van der Waals surface area (Å²) < 4.78 is 4.75. The lowest BCUT2D eigenvalue weighted by Gasteiger charge is -2.06. The average molecular weight is 175 g/mol. The maximum absolute atomic E-state index is 11.0. The molecule has 5 heteroatoms. The Bertz CT molecular complexity index is 183. The summed E-state index contributed by atoms with van der Waals surface area (Å²) in [4.78, 5) is 21.6. The van der Waals surface area contributed by atoms with Gasteiger partial charge in [0, 0.05) is 6.42 Å². The molecule has 1 N–H and O–H groups in total. The highest BCUT2D eigenvalue weighted by Gasteiger charge is 2.27. The maximum Gasteiger partial charge on any atom is 0.331 e. The zero-order valence-corrected chi connectivity index (χ0v) is 7.22.